The molecule has 0 bridgehead atoms. The minimum absolute atomic E-state index is 0.00694. The molecule has 0 saturated heterocycles. The summed E-state index contributed by atoms with van der Waals surface area (Å²) in [5, 5.41) is 0. The Morgan fingerprint density at radius 3 is 2.75 bits per heavy atom. The molecule has 0 atom stereocenters. The van der Waals surface area contributed by atoms with Crippen LogP contribution in [-0.4, -0.2) is 24.1 Å². The second-order valence-electron chi connectivity index (χ2n) is 1.34. The second-order valence-corrected chi connectivity index (χ2v) is 2.21. The van der Waals surface area contributed by atoms with Crippen LogP contribution in [0.4, 0.5) is 0 Å². The van der Waals surface area contributed by atoms with E-state index in [9.17, 15) is 9.59 Å². The highest BCUT2D eigenvalue weighted by Crippen LogP contribution is 1.92. The molecule has 0 aliphatic rings. The van der Waals surface area contributed by atoms with Crippen LogP contribution in [0, 0.1) is 0 Å². The van der Waals surface area contributed by atoms with Crippen LogP contribution in [0.2, 0.25) is 0 Å². The van der Waals surface area contributed by atoms with Crippen molar-refractivity contribution >= 4 is 23.8 Å². The molecule has 0 rings (SSSR count). The monoisotopic (exact) mass is 132 g/mol. The molecule has 3 heteroatoms. The lowest BCUT2D eigenvalue weighted by atomic mass is 10.3. The molecular formula is C5H8O2S. The molecule has 0 amide bonds. The third-order valence-electron chi connectivity index (χ3n) is 0.616. The topological polar surface area (TPSA) is 34.1 Å². The van der Waals surface area contributed by atoms with E-state index in [1.165, 1.54) is 11.8 Å². The number of Topliss-reactive ketones (excluding diaryl/α,β-unsaturated/α-hetero) is 1. The first kappa shape index (κ1) is 7.69. The molecule has 0 spiro atoms. The maximum atomic E-state index is 10.4. The van der Waals surface area contributed by atoms with E-state index in [1.54, 1.807) is 0 Å². The Morgan fingerprint density at radius 1 is 1.75 bits per heavy atom. The van der Waals surface area contributed by atoms with Crippen LogP contribution < -0.4 is 0 Å². The van der Waals surface area contributed by atoms with Crippen molar-refractivity contribution < 1.29 is 9.59 Å². The average Bonchev–Trinajstić information content (AvgIpc) is 1.68. The summed E-state index contributed by atoms with van der Waals surface area (Å²) in [6, 6.07) is 0. The van der Waals surface area contributed by atoms with Crippen LogP contribution in [0.5, 0.6) is 0 Å². The van der Waals surface area contributed by atoms with Crippen LogP contribution >= 0.6 is 11.8 Å². The Balaban J connectivity index is 3.18. The van der Waals surface area contributed by atoms with E-state index >= 15 is 0 Å². The zero-order valence-electron chi connectivity index (χ0n) is 4.72. The zero-order chi connectivity index (χ0) is 6.41. The summed E-state index contributed by atoms with van der Waals surface area (Å²) in [5.74, 6) is 0.464. The van der Waals surface area contributed by atoms with Gasteiger partial charge in [-0.15, -0.1) is 0 Å². The highest BCUT2D eigenvalue weighted by Gasteiger charge is 1.95. The molecule has 0 fully saturated rings. The van der Waals surface area contributed by atoms with Crippen molar-refractivity contribution in [3.63, 3.8) is 0 Å². The van der Waals surface area contributed by atoms with Crippen molar-refractivity contribution in [2.45, 2.75) is 6.42 Å². The molecule has 0 radical (unpaired) electrons. The van der Waals surface area contributed by atoms with Crippen molar-refractivity contribution in [3.05, 3.63) is 0 Å². The highest BCUT2D eigenvalue weighted by molar-refractivity contribution is 7.99. The van der Waals surface area contributed by atoms with Crippen LogP contribution in [0.15, 0.2) is 0 Å². The number of carbonyl (C=O) groups excluding carboxylic acids is 2. The lowest BCUT2D eigenvalue weighted by molar-refractivity contribution is -0.120. The van der Waals surface area contributed by atoms with E-state index in [1.807, 2.05) is 6.26 Å². The predicted molar refractivity (Wildman–Crippen MR) is 34.1 cm³/mol. The molecule has 0 unspecified atom stereocenters. The van der Waals surface area contributed by atoms with E-state index in [4.69, 9.17) is 0 Å². The van der Waals surface area contributed by atoms with E-state index in [0.29, 0.717) is 12.0 Å². The molecular weight excluding hydrogens is 124 g/mol. The molecule has 0 aromatic heterocycles. The maximum Gasteiger partial charge on any atom is 0.149 e. The first-order valence-corrected chi connectivity index (χ1v) is 3.65. The standard InChI is InChI=1S/C5H8O2S/c1-8-4-5(7)2-3-6/h3H,2,4H2,1H3. The molecule has 2 nitrogen and oxygen atoms in total. The Labute approximate surface area is 52.6 Å². The Bertz CT molecular complexity index is 90.4. The van der Waals surface area contributed by atoms with Gasteiger partial charge in [-0.25, -0.2) is 0 Å². The van der Waals surface area contributed by atoms with Crippen molar-refractivity contribution in [3.8, 4) is 0 Å². The summed E-state index contributed by atoms with van der Waals surface area (Å²) in [7, 11) is 0. The summed E-state index contributed by atoms with van der Waals surface area (Å²) in [4.78, 5) is 20.1. The number of rotatable bonds is 4. The minimum atomic E-state index is 0.00694. The van der Waals surface area contributed by atoms with Crippen molar-refractivity contribution in [1.82, 2.24) is 0 Å². The molecule has 8 heavy (non-hydrogen) atoms. The van der Waals surface area contributed by atoms with Crippen LogP contribution in [0.25, 0.3) is 0 Å². The molecule has 0 heterocycles. The van der Waals surface area contributed by atoms with Crippen LogP contribution in [0.3, 0.4) is 0 Å². The van der Waals surface area contributed by atoms with E-state index in [2.05, 4.69) is 0 Å². The van der Waals surface area contributed by atoms with Gasteiger partial charge in [-0.1, -0.05) is 0 Å². The van der Waals surface area contributed by atoms with Crippen molar-refractivity contribution in [2.75, 3.05) is 12.0 Å². The normalized spacial score (nSPS) is 8.62. The fourth-order valence-corrected chi connectivity index (χ4v) is 0.753. The largest absolute Gasteiger partial charge is 0.303 e. The third kappa shape index (κ3) is 3.87. The lowest BCUT2D eigenvalue weighted by Gasteiger charge is -1.86. The number of thioether (sulfide) groups is 1. The summed E-state index contributed by atoms with van der Waals surface area (Å²) in [6.07, 6.45) is 2.54. The van der Waals surface area contributed by atoms with Gasteiger partial charge in [-0.2, -0.15) is 11.8 Å². The molecule has 0 aliphatic carbocycles. The Hall–Kier alpha value is -0.310. The quantitative estimate of drug-likeness (QED) is 0.413. The summed E-state index contributed by atoms with van der Waals surface area (Å²) in [5.41, 5.74) is 0. The van der Waals surface area contributed by atoms with E-state index < -0.39 is 0 Å². The SMILES string of the molecule is CSCC(=O)CC=O. The summed E-state index contributed by atoms with van der Waals surface area (Å²) >= 11 is 1.44. The molecule has 0 N–H and O–H groups in total. The Kier molecular flexibility index (Phi) is 4.65. The molecule has 0 aliphatic heterocycles. The first-order chi connectivity index (χ1) is 3.81. The minimum Gasteiger partial charge on any atom is -0.303 e. The van der Waals surface area contributed by atoms with Crippen molar-refractivity contribution in [1.29, 1.82) is 0 Å². The van der Waals surface area contributed by atoms with Crippen molar-refractivity contribution in [2.24, 2.45) is 0 Å². The van der Waals surface area contributed by atoms with E-state index in [-0.39, 0.29) is 12.2 Å². The van der Waals surface area contributed by atoms with Gasteiger partial charge < -0.3 is 4.79 Å². The number of carbonyl (C=O) groups is 2. The number of aldehydes is 1. The number of ketones is 1. The fourth-order valence-electron chi connectivity index (χ4n) is 0.313. The van der Waals surface area contributed by atoms with Gasteiger partial charge in [0.1, 0.15) is 12.1 Å². The molecule has 0 aromatic rings. The fraction of sp³-hybridized carbons (Fsp3) is 0.600. The van der Waals surface area contributed by atoms with Gasteiger partial charge in [0, 0.05) is 0 Å². The summed E-state index contributed by atoms with van der Waals surface area (Å²) in [6.45, 7) is 0. The van der Waals surface area contributed by atoms with Gasteiger partial charge in [0.15, 0.2) is 0 Å². The van der Waals surface area contributed by atoms with Gasteiger partial charge >= 0.3 is 0 Å². The first-order valence-electron chi connectivity index (χ1n) is 2.25. The molecule has 0 saturated carbocycles. The smallest absolute Gasteiger partial charge is 0.149 e. The van der Waals surface area contributed by atoms with Gasteiger partial charge in [-0.3, -0.25) is 4.79 Å². The maximum absolute atomic E-state index is 10.4. The average molecular weight is 132 g/mol. The Morgan fingerprint density at radius 2 is 2.38 bits per heavy atom. The van der Waals surface area contributed by atoms with E-state index in [0.717, 1.165) is 0 Å². The summed E-state index contributed by atoms with van der Waals surface area (Å²) < 4.78 is 0. The third-order valence-corrected chi connectivity index (χ3v) is 1.23. The lowest BCUT2D eigenvalue weighted by Crippen LogP contribution is -2.00. The van der Waals surface area contributed by atoms with Gasteiger partial charge in [0.05, 0.1) is 12.2 Å². The van der Waals surface area contributed by atoms with Gasteiger partial charge in [0.25, 0.3) is 0 Å². The number of hydrogen-bond donors (Lipinski definition) is 0. The van der Waals surface area contributed by atoms with Crippen LogP contribution in [0.1, 0.15) is 6.42 Å². The van der Waals surface area contributed by atoms with Gasteiger partial charge in [-0.05, 0) is 6.26 Å². The zero-order valence-corrected chi connectivity index (χ0v) is 5.53. The molecule has 0 aromatic carbocycles. The highest BCUT2D eigenvalue weighted by atomic mass is 32.2. The molecule has 46 valence electrons. The predicted octanol–water partition coefficient (Wildman–Crippen LogP) is 0.508. The van der Waals surface area contributed by atoms with Gasteiger partial charge in [0.2, 0.25) is 0 Å². The number of hydrogen-bond acceptors (Lipinski definition) is 3. The van der Waals surface area contributed by atoms with Crippen LogP contribution in [-0.2, 0) is 9.59 Å². The second kappa shape index (κ2) is 4.84.